The Balaban J connectivity index is 1.44. The number of carbonyl (C=O) groups is 1. The van der Waals surface area contributed by atoms with E-state index in [2.05, 4.69) is 22.4 Å². The molecule has 2 fully saturated rings. The van der Waals surface area contributed by atoms with Crippen LogP contribution in [0.4, 0.5) is 0 Å². The van der Waals surface area contributed by atoms with Crippen molar-refractivity contribution in [2.75, 3.05) is 33.5 Å². The summed E-state index contributed by atoms with van der Waals surface area (Å²) in [6, 6.07) is 12.0. The van der Waals surface area contributed by atoms with Crippen LogP contribution in [0.5, 0.6) is 11.6 Å². The van der Waals surface area contributed by atoms with Crippen molar-refractivity contribution in [2.24, 2.45) is 11.8 Å². The Hall–Kier alpha value is -3.19. The molecule has 2 aromatic heterocycles. The van der Waals surface area contributed by atoms with Gasteiger partial charge in [0.15, 0.2) is 0 Å². The summed E-state index contributed by atoms with van der Waals surface area (Å²) in [4.78, 5) is 20.8. The van der Waals surface area contributed by atoms with Crippen molar-refractivity contribution >= 4 is 16.8 Å². The van der Waals surface area contributed by atoms with Gasteiger partial charge in [0.05, 0.1) is 30.3 Å². The van der Waals surface area contributed by atoms with Gasteiger partial charge in [0, 0.05) is 43.9 Å². The topological polar surface area (TPSA) is 82.6 Å². The largest absolute Gasteiger partial charge is 0.496 e. The number of amides is 1. The fourth-order valence-electron chi connectivity index (χ4n) is 4.41. The van der Waals surface area contributed by atoms with Gasteiger partial charge >= 0.3 is 0 Å². The smallest absolute Gasteiger partial charge is 0.223 e. The summed E-state index contributed by atoms with van der Waals surface area (Å²) in [6.07, 6.45) is 4.29. The maximum atomic E-state index is 11.5. The van der Waals surface area contributed by atoms with Crippen molar-refractivity contribution < 1.29 is 19.0 Å². The predicted molar refractivity (Wildman–Crippen MR) is 121 cm³/mol. The molecular formula is C25H27N3O4. The number of carbonyl (C=O) groups excluding carboxylic acids is 1. The first-order valence-electron chi connectivity index (χ1n) is 11.1. The Morgan fingerprint density at radius 3 is 2.94 bits per heavy atom. The molecule has 7 nitrogen and oxygen atoms in total. The van der Waals surface area contributed by atoms with E-state index in [0.717, 1.165) is 54.0 Å². The van der Waals surface area contributed by atoms with E-state index >= 15 is 0 Å². The number of aromatic nitrogens is 2. The first-order valence-corrected chi connectivity index (χ1v) is 11.1. The third-order valence-electron chi connectivity index (χ3n) is 6.20. The number of methoxy groups -OCH3 is 1. The number of nitrogens with zero attached hydrogens (tertiary/aromatic N) is 2. The van der Waals surface area contributed by atoms with Crippen LogP contribution in [0.15, 0.2) is 42.6 Å². The monoisotopic (exact) mass is 433 g/mol. The fourth-order valence-corrected chi connectivity index (χ4v) is 4.41. The zero-order valence-electron chi connectivity index (χ0n) is 18.2. The number of pyridine rings is 2. The number of ether oxygens (including phenoxy) is 3. The van der Waals surface area contributed by atoms with E-state index < -0.39 is 0 Å². The summed E-state index contributed by atoms with van der Waals surface area (Å²) < 4.78 is 17.3. The minimum absolute atomic E-state index is 0.0724. The molecule has 0 spiro atoms. The van der Waals surface area contributed by atoms with Crippen LogP contribution in [0.25, 0.3) is 22.2 Å². The van der Waals surface area contributed by atoms with Crippen molar-refractivity contribution in [3.05, 3.63) is 48.2 Å². The highest BCUT2D eigenvalue weighted by atomic mass is 16.5. The lowest BCUT2D eigenvalue weighted by Gasteiger charge is -2.15. The highest BCUT2D eigenvalue weighted by molar-refractivity contribution is 5.87. The van der Waals surface area contributed by atoms with Gasteiger partial charge in [-0.3, -0.25) is 9.78 Å². The quantitative estimate of drug-likeness (QED) is 0.615. The second-order valence-electron chi connectivity index (χ2n) is 8.53. The van der Waals surface area contributed by atoms with Crippen molar-refractivity contribution in [2.45, 2.75) is 19.3 Å². The van der Waals surface area contributed by atoms with E-state index in [4.69, 9.17) is 19.2 Å². The SMILES string of the molecule is COc1cc(-c2cc3ncccc3c(OC[C@H]3CNC(=O)C3)n2)ccc1C[C@H]1CCOC1. The van der Waals surface area contributed by atoms with Crippen molar-refractivity contribution in [1.29, 1.82) is 0 Å². The summed E-state index contributed by atoms with van der Waals surface area (Å²) >= 11 is 0. The van der Waals surface area contributed by atoms with Gasteiger partial charge in [0.25, 0.3) is 0 Å². The Morgan fingerprint density at radius 2 is 2.16 bits per heavy atom. The number of nitrogens with one attached hydrogen (secondary N) is 1. The Bertz CT molecular complexity index is 1130. The van der Waals surface area contributed by atoms with Crippen molar-refractivity contribution in [1.82, 2.24) is 15.3 Å². The zero-order valence-corrected chi connectivity index (χ0v) is 18.2. The molecule has 1 aromatic carbocycles. The van der Waals surface area contributed by atoms with E-state index in [0.29, 0.717) is 31.4 Å². The molecule has 0 bridgehead atoms. The van der Waals surface area contributed by atoms with Gasteiger partial charge in [0.1, 0.15) is 5.75 Å². The third-order valence-corrected chi connectivity index (χ3v) is 6.20. The molecule has 2 atom stereocenters. The molecule has 2 aliphatic rings. The van der Waals surface area contributed by atoms with Crippen LogP contribution in [0.2, 0.25) is 0 Å². The van der Waals surface area contributed by atoms with Crippen LogP contribution in [-0.4, -0.2) is 49.4 Å². The van der Waals surface area contributed by atoms with Gasteiger partial charge in [-0.25, -0.2) is 4.98 Å². The highest BCUT2D eigenvalue weighted by Crippen LogP contribution is 2.33. The van der Waals surface area contributed by atoms with Crippen molar-refractivity contribution in [3.8, 4) is 22.9 Å². The average Bonchev–Trinajstić information content (AvgIpc) is 3.49. The van der Waals surface area contributed by atoms with E-state index in [-0.39, 0.29) is 11.8 Å². The van der Waals surface area contributed by atoms with E-state index in [1.54, 1.807) is 13.3 Å². The molecule has 3 aromatic rings. The molecule has 0 radical (unpaired) electrons. The van der Waals surface area contributed by atoms with Gasteiger partial charge in [-0.05, 0) is 48.6 Å². The molecule has 1 N–H and O–H groups in total. The molecule has 0 aliphatic carbocycles. The van der Waals surface area contributed by atoms with E-state index in [1.165, 1.54) is 5.56 Å². The number of hydrogen-bond donors (Lipinski definition) is 1. The molecule has 0 unspecified atom stereocenters. The van der Waals surface area contributed by atoms with E-state index in [1.807, 2.05) is 24.3 Å². The molecule has 4 heterocycles. The van der Waals surface area contributed by atoms with Gasteiger partial charge in [-0.15, -0.1) is 0 Å². The summed E-state index contributed by atoms with van der Waals surface area (Å²) in [6.45, 7) is 2.73. The lowest BCUT2D eigenvalue weighted by molar-refractivity contribution is -0.119. The third kappa shape index (κ3) is 4.39. The molecule has 2 aliphatic heterocycles. The van der Waals surface area contributed by atoms with E-state index in [9.17, 15) is 4.79 Å². The van der Waals surface area contributed by atoms with Crippen LogP contribution in [0.3, 0.4) is 0 Å². The molecule has 1 amide bonds. The maximum Gasteiger partial charge on any atom is 0.223 e. The predicted octanol–water partition coefficient (Wildman–Crippen LogP) is 3.40. The zero-order chi connectivity index (χ0) is 21.9. The second kappa shape index (κ2) is 9.12. The lowest BCUT2D eigenvalue weighted by atomic mass is 9.96. The summed E-state index contributed by atoms with van der Waals surface area (Å²) in [5, 5.41) is 3.71. The van der Waals surface area contributed by atoms with Crippen LogP contribution >= 0.6 is 0 Å². The Kier molecular flexibility index (Phi) is 5.90. The molecule has 2 saturated heterocycles. The number of fused-ring (bicyclic) bond motifs is 1. The maximum absolute atomic E-state index is 11.5. The minimum atomic E-state index is 0.0724. The highest BCUT2D eigenvalue weighted by Gasteiger charge is 2.23. The summed E-state index contributed by atoms with van der Waals surface area (Å²) in [5.74, 6) is 2.16. The molecule has 7 heteroatoms. The summed E-state index contributed by atoms with van der Waals surface area (Å²) in [5.41, 5.74) is 3.73. The molecular weight excluding hydrogens is 406 g/mol. The standard InChI is InChI=1S/C25H27N3O4/c1-30-23-11-18(4-5-19(23)9-16-6-8-31-14-16)21-12-22-20(3-2-7-26-22)25(28-21)32-15-17-10-24(29)27-13-17/h2-5,7,11-12,16-17H,6,8-10,13-15H2,1H3,(H,27,29)/t16-,17-/m1/s1. The second-order valence-corrected chi connectivity index (χ2v) is 8.53. The molecule has 0 saturated carbocycles. The first kappa shape index (κ1) is 20.7. The van der Waals surface area contributed by atoms with Crippen LogP contribution in [0.1, 0.15) is 18.4 Å². The number of rotatable bonds is 7. The van der Waals surface area contributed by atoms with Gasteiger partial charge in [-0.2, -0.15) is 0 Å². The first-order chi connectivity index (χ1) is 15.7. The summed E-state index contributed by atoms with van der Waals surface area (Å²) in [7, 11) is 1.70. The van der Waals surface area contributed by atoms with Crippen molar-refractivity contribution in [3.63, 3.8) is 0 Å². The fraction of sp³-hybridized carbons (Fsp3) is 0.400. The van der Waals surface area contributed by atoms with Gasteiger partial charge in [-0.1, -0.05) is 12.1 Å². The molecule has 5 rings (SSSR count). The van der Waals surface area contributed by atoms with Gasteiger partial charge < -0.3 is 19.5 Å². The van der Waals surface area contributed by atoms with Crippen LogP contribution in [0, 0.1) is 11.8 Å². The lowest BCUT2D eigenvalue weighted by Crippen LogP contribution is -2.17. The average molecular weight is 434 g/mol. The molecule has 32 heavy (non-hydrogen) atoms. The molecule has 166 valence electrons. The van der Waals surface area contributed by atoms with Gasteiger partial charge in [0.2, 0.25) is 11.8 Å². The Labute approximate surface area is 187 Å². The number of hydrogen-bond acceptors (Lipinski definition) is 6. The normalized spacial score (nSPS) is 20.5. The Morgan fingerprint density at radius 1 is 1.22 bits per heavy atom. The van der Waals surface area contributed by atoms with Crippen LogP contribution in [-0.2, 0) is 16.0 Å². The number of benzene rings is 1. The minimum Gasteiger partial charge on any atom is -0.496 e. The van der Waals surface area contributed by atoms with Crippen LogP contribution < -0.4 is 14.8 Å².